The van der Waals surface area contributed by atoms with Gasteiger partial charge in [-0.25, -0.2) is 4.39 Å². The van der Waals surface area contributed by atoms with Gasteiger partial charge in [0, 0.05) is 30.4 Å². The van der Waals surface area contributed by atoms with Gasteiger partial charge in [-0.2, -0.15) is 0 Å². The molecule has 1 fully saturated rings. The van der Waals surface area contributed by atoms with Crippen molar-refractivity contribution < 1.29 is 28.8 Å². The summed E-state index contributed by atoms with van der Waals surface area (Å²) in [6.07, 6.45) is 7.89. The molecule has 1 aliphatic rings. The second kappa shape index (κ2) is 10.6. The Balaban J connectivity index is 1.92. The Bertz CT molecular complexity index is 819. The van der Waals surface area contributed by atoms with E-state index in [2.05, 4.69) is 0 Å². The zero-order chi connectivity index (χ0) is 21.4. The number of hydrogen-bond donors (Lipinski definition) is 1. The van der Waals surface area contributed by atoms with Gasteiger partial charge in [-0.15, -0.1) is 0 Å². The molecule has 2 atom stereocenters. The molecule has 0 unspecified atom stereocenters. The predicted molar refractivity (Wildman–Crippen MR) is 103 cm³/mol. The summed E-state index contributed by atoms with van der Waals surface area (Å²) in [5.41, 5.74) is -0.592. The van der Waals surface area contributed by atoms with E-state index < -0.39 is 28.2 Å². The first-order chi connectivity index (χ1) is 13.8. The summed E-state index contributed by atoms with van der Waals surface area (Å²) in [7, 11) is 0. The lowest BCUT2D eigenvalue weighted by atomic mass is 9.89. The van der Waals surface area contributed by atoms with Crippen molar-refractivity contribution >= 4 is 23.2 Å². The predicted octanol–water partition coefficient (Wildman–Crippen LogP) is 4.49. The van der Waals surface area contributed by atoms with Crippen molar-refractivity contribution in [2.75, 3.05) is 0 Å². The van der Waals surface area contributed by atoms with Crippen LogP contribution < -0.4 is 0 Å². The number of Topliss-reactive ketones (excluding diaryl/α,β-unsaturated/α-hetero) is 1. The molecule has 29 heavy (non-hydrogen) atoms. The van der Waals surface area contributed by atoms with Crippen LogP contribution in [0.1, 0.15) is 61.7 Å². The molecule has 0 radical (unpaired) electrons. The molecule has 0 bridgehead atoms. The van der Waals surface area contributed by atoms with Crippen LogP contribution >= 0.6 is 0 Å². The van der Waals surface area contributed by atoms with Crippen molar-refractivity contribution in [2.24, 2.45) is 11.8 Å². The monoisotopic (exact) mass is 405 g/mol. The largest absolute Gasteiger partial charge is 0.481 e. The molecular weight excluding hydrogens is 381 g/mol. The van der Waals surface area contributed by atoms with Gasteiger partial charge in [-0.1, -0.05) is 25.3 Å². The lowest BCUT2D eigenvalue weighted by Gasteiger charge is -2.14. The molecule has 0 saturated heterocycles. The van der Waals surface area contributed by atoms with Crippen LogP contribution in [-0.2, 0) is 9.59 Å². The third-order valence-corrected chi connectivity index (χ3v) is 5.18. The van der Waals surface area contributed by atoms with Crippen LogP contribution in [-0.4, -0.2) is 27.6 Å². The van der Waals surface area contributed by atoms with Crippen molar-refractivity contribution in [3.05, 3.63) is 51.8 Å². The van der Waals surface area contributed by atoms with Gasteiger partial charge in [0.1, 0.15) is 11.6 Å². The van der Waals surface area contributed by atoms with Crippen LogP contribution in [0.4, 0.5) is 10.1 Å². The van der Waals surface area contributed by atoms with E-state index in [1.807, 2.05) is 0 Å². The van der Waals surface area contributed by atoms with Crippen LogP contribution in [0, 0.1) is 27.8 Å². The molecule has 0 aliphatic heterocycles. The molecule has 1 aromatic rings. The maximum atomic E-state index is 13.5. The maximum absolute atomic E-state index is 13.5. The number of carbonyl (C=O) groups excluding carboxylic acids is 2. The van der Waals surface area contributed by atoms with Gasteiger partial charge in [-0.05, 0) is 37.3 Å². The van der Waals surface area contributed by atoms with Crippen molar-refractivity contribution in [3.63, 3.8) is 0 Å². The minimum absolute atomic E-state index is 0.0889. The van der Waals surface area contributed by atoms with E-state index in [-0.39, 0.29) is 29.6 Å². The van der Waals surface area contributed by atoms with E-state index in [1.54, 1.807) is 6.08 Å². The number of nitrogens with zero attached hydrogens (tertiary/aromatic N) is 1. The Morgan fingerprint density at radius 1 is 1.21 bits per heavy atom. The lowest BCUT2D eigenvalue weighted by Crippen LogP contribution is -2.13. The average Bonchev–Trinajstić information content (AvgIpc) is 3.01. The summed E-state index contributed by atoms with van der Waals surface area (Å²) >= 11 is 0. The number of carboxylic acids is 1. The fourth-order valence-electron chi connectivity index (χ4n) is 3.66. The minimum Gasteiger partial charge on any atom is -0.481 e. The molecule has 7 nitrogen and oxygen atoms in total. The first kappa shape index (κ1) is 22.4. The average molecular weight is 405 g/mol. The number of ketones is 2. The van der Waals surface area contributed by atoms with Gasteiger partial charge in [0.15, 0.2) is 5.78 Å². The summed E-state index contributed by atoms with van der Waals surface area (Å²) in [4.78, 5) is 45.0. The number of halogens is 1. The van der Waals surface area contributed by atoms with Crippen LogP contribution in [0.5, 0.6) is 0 Å². The zero-order valence-electron chi connectivity index (χ0n) is 16.0. The number of non-ortho nitro benzene ring substituents is 1. The lowest BCUT2D eigenvalue weighted by molar-refractivity contribution is -0.385. The minimum atomic E-state index is -0.854. The summed E-state index contributed by atoms with van der Waals surface area (Å²) in [5.74, 6) is -2.32. The smallest absolute Gasteiger partial charge is 0.303 e. The molecule has 0 amide bonds. The molecule has 1 aliphatic carbocycles. The Hall–Kier alpha value is -2.90. The van der Waals surface area contributed by atoms with Crippen molar-refractivity contribution in [3.8, 4) is 0 Å². The number of benzene rings is 1. The standard InChI is InChI=1S/C21H24FNO6/c22-16-11-15(12-17(13-16)23(28)29)19(24)9-7-14-8-10-20(25)18(14)5-3-1-2-4-6-21(26)27/h7,9,11-14,18H,1-6,8,10H2,(H,26,27)/t14-,18+/m1/s1. The summed E-state index contributed by atoms with van der Waals surface area (Å²) in [6.45, 7) is 0. The first-order valence-electron chi connectivity index (χ1n) is 9.70. The van der Waals surface area contributed by atoms with E-state index in [0.29, 0.717) is 25.7 Å². The number of aliphatic carboxylic acids is 1. The summed E-state index contributed by atoms with van der Waals surface area (Å²) in [5, 5.41) is 19.4. The number of nitro benzene ring substituents is 1. The molecule has 2 rings (SSSR count). The molecule has 156 valence electrons. The number of rotatable bonds is 11. The van der Waals surface area contributed by atoms with E-state index >= 15 is 0 Å². The fourth-order valence-corrected chi connectivity index (χ4v) is 3.66. The normalized spacial score (nSPS) is 19.0. The van der Waals surface area contributed by atoms with Gasteiger partial charge in [-0.3, -0.25) is 24.5 Å². The van der Waals surface area contributed by atoms with Gasteiger partial charge < -0.3 is 5.11 Å². The number of nitro groups is 1. The third-order valence-electron chi connectivity index (χ3n) is 5.18. The van der Waals surface area contributed by atoms with Crippen molar-refractivity contribution in [1.82, 2.24) is 0 Å². The SMILES string of the molecule is O=C(O)CCCCCC[C@@H]1C(=O)CC[C@H]1C=CC(=O)c1cc(F)cc([N+](=O)[O-])c1. The van der Waals surface area contributed by atoms with E-state index in [9.17, 15) is 28.9 Å². The molecule has 1 aromatic carbocycles. The highest BCUT2D eigenvalue weighted by Crippen LogP contribution is 2.34. The number of carbonyl (C=O) groups is 3. The molecule has 1 N–H and O–H groups in total. The Morgan fingerprint density at radius 3 is 2.62 bits per heavy atom. The van der Waals surface area contributed by atoms with E-state index in [1.165, 1.54) is 6.08 Å². The maximum Gasteiger partial charge on any atom is 0.303 e. The van der Waals surface area contributed by atoms with Gasteiger partial charge in [0.05, 0.1) is 11.0 Å². The Labute approximate surface area is 167 Å². The molecule has 0 heterocycles. The highest BCUT2D eigenvalue weighted by atomic mass is 19.1. The van der Waals surface area contributed by atoms with Gasteiger partial charge in [0.25, 0.3) is 5.69 Å². The van der Waals surface area contributed by atoms with Crippen LogP contribution in [0.15, 0.2) is 30.4 Å². The van der Waals surface area contributed by atoms with Crippen LogP contribution in [0.25, 0.3) is 0 Å². The molecule has 8 heteroatoms. The second-order valence-electron chi connectivity index (χ2n) is 7.30. The quantitative estimate of drug-likeness (QED) is 0.191. The number of carboxylic acid groups (broad SMARTS) is 1. The summed E-state index contributed by atoms with van der Waals surface area (Å²) < 4.78 is 13.5. The zero-order valence-corrected chi connectivity index (χ0v) is 16.0. The van der Waals surface area contributed by atoms with E-state index in [0.717, 1.165) is 37.5 Å². The molecule has 0 aromatic heterocycles. The Morgan fingerprint density at radius 2 is 1.93 bits per heavy atom. The van der Waals surface area contributed by atoms with Gasteiger partial charge in [0.2, 0.25) is 0 Å². The van der Waals surface area contributed by atoms with E-state index in [4.69, 9.17) is 5.11 Å². The van der Waals surface area contributed by atoms with Crippen LogP contribution in [0.3, 0.4) is 0 Å². The number of hydrogen-bond acceptors (Lipinski definition) is 5. The highest BCUT2D eigenvalue weighted by Gasteiger charge is 2.32. The topological polar surface area (TPSA) is 115 Å². The number of allylic oxidation sites excluding steroid dienone is 2. The van der Waals surface area contributed by atoms with Crippen molar-refractivity contribution in [2.45, 2.75) is 51.4 Å². The molecule has 1 saturated carbocycles. The van der Waals surface area contributed by atoms with Crippen LogP contribution in [0.2, 0.25) is 0 Å². The first-order valence-corrected chi connectivity index (χ1v) is 9.70. The van der Waals surface area contributed by atoms with Crippen molar-refractivity contribution in [1.29, 1.82) is 0 Å². The molecule has 0 spiro atoms. The third kappa shape index (κ3) is 6.89. The molecular formula is C21H24FNO6. The Kier molecular flexibility index (Phi) is 8.18. The highest BCUT2D eigenvalue weighted by molar-refractivity contribution is 6.05. The van der Waals surface area contributed by atoms with Gasteiger partial charge >= 0.3 is 5.97 Å². The second-order valence-corrected chi connectivity index (χ2v) is 7.30. The fraction of sp³-hybridized carbons (Fsp3) is 0.476. The number of unbranched alkanes of at least 4 members (excludes halogenated alkanes) is 3. The summed E-state index contributed by atoms with van der Waals surface area (Å²) in [6, 6.07) is 2.74.